The zero-order valence-corrected chi connectivity index (χ0v) is 16.4. The molecule has 0 aliphatic heterocycles. The lowest BCUT2D eigenvalue weighted by atomic mass is 10.1. The number of Topliss-reactive ketones (excluding diaryl/α,β-unsaturated/α-hetero) is 1. The number of hydrogen-bond acceptors (Lipinski definition) is 6. The van der Waals surface area contributed by atoms with Gasteiger partial charge in [-0.05, 0) is 23.8 Å². The Morgan fingerprint density at radius 3 is 2.62 bits per heavy atom. The summed E-state index contributed by atoms with van der Waals surface area (Å²) < 4.78 is 27.3. The van der Waals surface area contributed by atoms with E-state index in [0.29, 0.717) is 10.2 Å². The maximum atomic E-state index is 13.3. The zero-order chi connectivity index (χ0) is 20.5. The predicted molar refractivity (Wildman–Crippen MR) is 111 cm³/mol. The normalized spacial score (nSPS) is 11.1. The van der Waals surface area contributed by atoms with Crippen LogP contribution in [0.25, 0.3) is 21.3 Å². The maximum absolute atomic E-state index is 13.3. The molecule has 0 fully saturated rings. The van der Waals surface area contributed by atoms with Crippen molar-refractivity contribution in [1.29, 1.82) is 0 Å². The van der Waals surface area contributed by atoms with E-state index in [9.17, 15) is 18.4 Å². The monoisotopic (exact) mass is 429 g/mol. The van der Waals surface area contributed by atoms with Crippen LogP contribution in [-0.4, -0.2) is 21.2 Å². The molecule has 0 radical (unpaired) electrons. The van der Waals surface area contributed by atoms with Gasteiger partial charge in [-0.3, -0.25) is 9.59 Å². The molecule has 0 aliphatic rings. The number of carbonyl (C=O) groups is 1. The van der Waals surface area contributed by atoms with Crippen molar-refractivity contribution in [3.63, 3.8) is 0 Å². The van der Waals surface area contributed by atoms with E-state index < -0.39 is 23.0 Å². The molecule has 0 unspecified atom stereocenters. The molecular weight excluding hydrogens is 416 g/mol. The van der Waals surface area contributed by atoms with Gasteiger partial charge in [0.05, 0.1) is 11.1 Å². The van der Waals surface area contributed by atoms with Crippen LogP contribution in [0.5, 0.6) is 0 Å². The van der Waals surface area contributed by atoms with Gasteiger partial charge in [0.25, 0.3) is 5.56 Å². The summed E-state index contributed by atoms with van der Waals surface area (Å²) >= 11 is 2.27. The van der Waals surface area contributed by atoms with Crippen LogP contribution in [0.4, 0.5) is 8.78 Å². The summed E-state index contributed by atoms with van der Waals surface area (Å²) in [6, 6.07) is 12.4. The van der Waals surface area contributed by atoms with E-state index in [1.807, 2.05) is 35.7 Å². The molecule has 2 heterocycles. The molecule has 2 aromatic carbocycles. The van der Waals surface area contributed by atoms with E-state index in [4.69, 9.17) is 5.84 Å². The molecule has 9 heteroatoms. The Labute approximate surface area is 171 Å². The summed E-state index contributed by atoms with van der Waals surface area (Å²) in [4.78, 5) is 30.0. The largest absolute Gasteiger partial charge is 0.334 e. The third-order valence-corrected chi connectivity index (χ3v) is 6.09. The average molecular weight is 429 g/mol. The Morgan fingerprint density at radius 2 is 1.90 bits per heavy atom. The number of carbonyl (C=O) groups excluding carboxylic acids is 1. The lowest BCUT2D eigenvalue weighted by Gasteiger charge is -2.07. The molecule has 0 amide bonds. The molecule has 0 saturated carbocycles. The van der Waals surface area contributed by atoms with Crippen LogP contribution in [0.1, 0.15) is 10.4 Å². The minimum atomic E-state index is -1.09. The first kappa shape index (κ1) is 19.3. The molecule has 0 aliphatic carbocycles. The topological polar surface area (TPSA) is 78.0 Å². The summed E-state index contributed by atoms with van der Waals surface area (Å²) in [6.45, 7) is 0. The number of aromatic nitrogens is 2. The van der Waals surface area contributed by atoms with Gasteiger partial charge in [0, 0.05) is 16.5 Å². The Morgan fingerprint density at radius 1 is 1.14 bits per heavy atom. The number of ketones is 1. The van der Waals surface area contributed by atoms with Crippen LogP contribution >= 0.6 is 23.1 Å². The van der Waals surface area contributed by atoms with Gasteiger partial charge < -0.3 is 5.84 Å². The molecule has 0 saturated heterocycles. The number of halogens is 2. The van der Waals surface area contributed by atoms with Crippen LogP contribution < -0.4 is 11.4 Å². The quantitative estimate of drug-likeness (QED) is 0.224. The Bertz CT molecular complexity index is 1290. The van der Waals surface area contributed by atoms with Crippen LogP contribution in [0.2, 0.25) is 0 Å². The lowest BCUT2D eigenvalue weighted by molar-refractivity contribution is 0.102. The van der Waals surface area contributed by atoms with Gasteiger partial charge in [-0.25, -0.2) is 18.4 Å². The summed E-state index contributed by atoms with van der Waals surface area (Å²) in [7, 11) is 0. The minimum Gasteiger partial charge on any atom is -0.334 e. The number of benzene rings is 2. The number of rotatable bonds is 5. The second-order valence-corrected chi connectivity index (χ2v) is 7.91. The van der Waals surface area contributed by atoms with Crippen molar-refractivity contribution in [2.45, 2.75) is 5.16 Å². The molecule has 4 rings (SSSR count). The van der Waals surface area contributed by atoms with Crippen molar-refractivity contribution in [3.05, 3.63) is 81.5 Å². The van der Waals surface area contributed by atoms with Gasteiger partial charge in [0.1, 0.15) is 4.83 Å². The van der Waals surface area contributed by atoms with E-state index >= 15 is 0 Å². The fraction of sp³-hybridized carbons (Fsp3) is 0.0500. The highest BCUT2D eigenvalue weighted by Crippen LogP contribution is 2.31. The molecule has 5 nitrogen and oxygen atoms in total. The number of nitrogen functional groups attached to an aromatic ring is 1. The molecule has 29 heavy (non-hydrogen) atoms. The Kier molecular flexibility index (Phi) is 5.16. The molecule has 0 spiro atoms. The van der Waals surface area contributed by atoms with E-state index in [1.54, 1.807) is 0 Å². The van der Waals surface area contributed by atoms with Crippen LogP contribution in [0.3, 0.4) is 0 Å². The van der Waals surface area contributed by atoms with Gasteiger partial charge in [-0.1, -0.05) is 42.1 Å². The third kappa shape index (κ3) is 3.66. The fourth-order valence-electron chi connectivity index (χ4n) is 2.80. The van der Waals surface area contributed by atoms with E-state index in [2.05, 4.69) is 4.98 Å². The lowest BCUT2D eigenvalue weighted by Crippen LogP contribution is -2.29. The second-order valence-electron chi connectivity index (χ2n) is 6.11. The standard InChI is InChI=1S/C20H13F2N3O2S2/c21-14-7-6-12(8-15(14)22)16(26)10-29-20-24-18-17(19(27)25(20)23)13(9-28-18)11-4-2-1-3-5-11/h1-9H,10,23H2. The molecular formula is C20H13F2N3O2S2. The van der Waals surface area contributed by atoms with Crippen LogP contribution in [0, 0.1) is 11.6 Å². The van der Waals surface area contributed by atoms with E-state index in [-0.39, 0.29) is 16.5 Å². The first-order valence-corrected chi connectivity index (χ1v) is 10.3. The number of thiophene rings is 1. The molecule has 146 valence electrons. The summed E-state index contributed by atoms with van der Waals surface area (Å²) in [5, 5.41) is 2.43. The van der Waals surface area contributed by atoms with Gasteiger partial charge >= 0.3 is 0 Å². The molecule has 4 aromatic rings. The van der Waals surface area contributed by atoms with Gasteiger partial charge in [0.2, 0.25) is 0 Å². The molecule has 0 atom stereocenters. The van der Waals surface area contributed by atoms with Crippen molar-refractivity contribution in [3.8, 4) is 11.1 Å². The maximum Gasteiger partial charge on any atom is 0.282 e. The highest BCUT2D eigenvalue weighted by molar-refractivity contribution is 7.99. The van der Waals surface area contributed by atoms with Crippen molar-refractivity contribution >= 4 is 39.1 Å². The summed E-state index contributed by atoms with van der Waals surface area (Å²) in [5.74, 6) is 3.25. The van der Waals surface area contributed by atoms with Crippen LogP contribution in [-0.2, 0) is 0 Å². The fourth-order valence-corrected chi connectivity index (χ4v) is 4.60. The number of nitrogens with zero attached hydrogens (tertiary/aromatic N) is 2. The van der Waals surface area contributed by atoms with Crippen molar-refractivity contribution in [1.82, 2.24) is 9.66 Å². The van der Waals surface area contributed by atoms with E-state index in [0.717, 1.165) is 39.7 Å². The minimum absolute atomic E-state index is 0.0332. The Balaban J connectivity index is 1.63. The number of nitrogens with two attached hydrogens (primary N) is 1. The van der Waals surface area contributed by atoms with Crippen LogP contribution in [0.15, 0.2) is 63.9 Å². The van der Waals surface area contributed by atoms with Gasteiger partial charge in [0.15, 0.2) is 22.6 Å². The highest BCUT2D eigenvalue weighted by Gasteiger charge is 2.18. The second kappa shape index (κ2) is 7.76. The van der Waals surface area contributed by atoms with Gasteiger partial charge in [-0.15, -0.1) is 11.3 Å². The SMILES string of the molecule is Nn1c(SCC(=O)c2ccc(F)c(F)c2)nc2scc(-c3ccccc3)c2c1=O. The molecule has 2 aromatic heterocycles. The average Bonchev–Trinajstić information content (AvgIpc) is 3.16. The molecule has 2 N–H and O–H groups in total. The Hall–Kier alpha value is -3.04. The predicted octanol–water partition coefficient (Wildman–Crippen LogP) is 4.09. The highest BCUT2D eigenvalue weighted by atomic mass is 32.2. The number of thioether (sulfide) groups is 1. The summed E-state index contributed by atoms with van der Waals surface area (Å²) in [6.07, 6.45) is 0. The summed E-state index contributed by atoms with van der Waals surface area (Å²) in [5.41, 5.74) is 1.24. The first-order valence-electron chi connectivity index (χ1n) is 8.41. The molecule has 0 bridgehead atoms. The zero-order valence-electron chi connectivity index (χ0n) is 14.8. The smallest absolute Gasteiger partial charge is 0.282 e. The third-order valence-electron chi connectivity index (χ3n) is 4.27. The number of fused-ring (bicyclic) bond motifs is 1. The van der Waals surface area contributed by atoms with Crippen molar-refractivity contribution < 1.29 is 13.6 Å². The number of hydrogen-bond donors (Lipinski definition) is 1. The van der Waals surface area contributed by atoms with Crippen molar-refractivity contribution in [2.24, 2.45) is 0 Å². The van der Waals surface area contributed by atoms with E-state index in [1.165, 1.54) is 17.4 Å². The van der Waals surface area contributed by atoms with Crippen molar-refractivity contribution in [2.75, 3.05) is 11.6 Å². The van der Waals surface area contributed by atoms with Gasteiger partial charge in [-0.2, -0.15) is 0 Å². The first-order chi connectivity index (χ1) is 14.0.